The Morgan fingerprint density at radius 2 is 2.40 bits per heavy atom. The zero-order valence-corrected chi connectivity index (χ0v) is 6.56. The van der Waals surface area contributed by atoms with E-state index in [-0.39, 0.29) is 5.75 Å². The Kier molecular flexibility index (Phi) is 2.06. The smallest absolute Gasteiger partial charge is 0.150 e. The van der Waals surface area contributed by atoms with Crippen LogP contribution in [0.25, 0.3) is 0 Å². The predicted octanol–water partition coefficient (Wildman–Crippen LogP) is 1.94. The molecule has 0 saturated heterocycles. The first-order chi connectivity index (χ1) is 4.75. The average Bonchev–Trinajstić information content (AvgIpc) is 1.95. The molecule has 10 heavy (non-hydrogen) atoms. The summed E-state index contributed by atoms with van der Waals surface area (Å²) in [7, 11) is 0. The molecule has 1 aromatic rings. The van der Waals surface area contributed by atoms with Crippen LogP contribution in [0.2, 0.25) is 0 Å². The molecule has 0 spiro atoms. The number of aryl methyl sites for hydroxylation is 1. The van der Waals surface area contributed by atoms with Crippen LogP contribution in [-0.4, -0.2) is 9.67 Å². The van der Waals surface area contributed by atoms with E-state index in [0.717, 1.165) is 6.54 Å². The van der Waals surface area contributed by atoms with Gasteiger partial charge in [-0.2, -0.15) is 0 Å². The summed E-state index contributed by atoms with van der Waals surface area (Å²) in [6, 6.07) is 3.36. The number of rotatable bonds is 1. The van der Waals surface area contributed by atoms with Crippen molar-refractivity contribution in [3.05, 3.63) is 23.0 Å². The molecule has 3 heteroatoms. The maximum atomic E-state index is 9.11. The first-order valence-electron chi connectivity index (χ1n) is 3.14. The van der Waals surface area contributed by atoms with Gasteiger partial charge < -0.3 is 9.67 Å². The highest BCUT2D eigenvalue weighted by molar-refractivity contribution is 7.71. The minimum Gasteiger partial charge on any atom is -0.505 e. The summed E-state index contributed by atoms with van der Waals surface area (Å²) in [6.07, 6.45) is 1.85. The van der Waals surface area contributed by atoms with E-state index in [9.17, 15) is 0 Å². The molecule has 1 N–H and O–H groups in total. The normalized spacial score (nSPS) is 9.70. The van der Waals surface area contributed by atoms with Crippen molar-refractivity contribution in [3.8, 4) is 5.75 Å². The third kappa shape index (κ3) is 1.19. The molecule has 0 aliphatic carbocycles. The van der Waals surface area contributed by atoms with Crippen LogP contribution in [0, 0.1) is 4.64 Å². The molecule has 2 nitrogen and oxygen atoms in total. The van der Waals surface area contributed by atoms with Gasteiger partial charge in [-0.05, 0) is 19.1 Å². The molecule has 1 aromatic heterocycles. The van der Waals surface area contributed by atoms with Gasteiger partial charge in [0, 0.05) is 12.7 Å². The van der Waals surface area contributed by atoms with Crippen LogP contribution >= 0.6 is 12.2 Å². The van der Waals surface area contributed by atoms with Gasteiger partial charge in [0.25, 0.3) is 0 Å². The zero-order valence-electron chi connectivity index (χ0n) is 5.74. The monoisotopic (exact) mass is 155 g/mol. The van der Waals surface area contributed by atoms with Crippen LogP contribution in [-0.2, 0) is 6.54 Å². The number of pyridine rings is 1. The Morgan fingerprint density at radius 1 is 1.70 bits per heavy atom. The second-order valence-electron chi connectivity index (χ2n) is 1.98. The van der Waals surface area contributed by atoms with Gasteiger partial charge in [-0.25, -0.2) is 0 Å². The maximum Gasteiger partial charge on any atom is 0.150 e. The van der Waals surface area contributed by atoms with Gasteiger partial charge in [-0.3, -0.25) is 0 Å². The fraction of sp³-hybridized carbons (Fsp3) is 0.286. The van der Waals surface area contributed by atoms with Gasteiger partial charge in [0.1, 0.15) is 10.4 Å². The summed E-state index contributed by atoms with van der Waals surface area (Å²) >= 11 is 4.91. The molecule has 1 rings (SSSR count). The second kappa shape index (κ2) is 2.84. The lowest BCUT2D eigenvalue weighted by atomic mass is 10.4. The Hall–Kier alpha value is -0.830. The van der Waals surface area contributed by atoms with Gasteiger partial charge in [-0.1, -0.05) is 12.2 Å². The molecular formula is C7H9NOS. The number of aromatic nitrogens is 1. The number of aromatic hydroxyl groups is 1. The van der Waals surface area contributed by atoms with Crippen LogP contribution < -0.4 is 0 Å². The standard InChI is InChI=1S/C7H9NOS/c1-2-8-5-3-4-6(9)7(8)10/h3-5,9H,2H2,1H3. The summed E-state index contributed by atoms with van der Waals surface area (Å²) < 4.78 is 2.31. The van der Waals surface area contributed by atoms with E-state index in [4.69, 9.17) is 17.3 Å². The number of hydrogen-bond acceptors (Lipinski definition) is 2. The molecule has 0 radical (unpaired) electrons. The van der Waals surface area contributed by atoms with E-state index in [1.54, 1.807) is 12.1 Å². The van der Waals surface area contributed by atoms with Crippen molar-refractivity contribution in [1.82, 2.24) is 4.57 Å². The van der Waals surface area contributed by atoms with Crippen molar-refractivity contribution in [2.45, 2.75) is 13.5 Å². The lowest BCUT2D eigenvalue weighted by molar-refractivity contribution is 0.463. The van der Waals surface area contributed by atoms with Gasteiger partial charge >= 0.3 is 0 Å². The first-order valence-corrected chi connectivity index (χ1v) is 3.55. The lowest BCUT2D eigenvalue weighted by Gasteiger charge is -2.01. The molecule has 0 amide bonds. The highest BCUT2D eigenvalue weighted by atomic mass is 32.1. The molecule has 0 aliphatic heterocycles. The fourth-order valence-corrected chi connectivity index (χ4v) is 1.03. The van der Waals surface area contributed by atoms with Crippen LogP contribution in [0.1, 0.15) is 6.92 Å². The minimum atomic E-state index is 0.180. The Balaban J connectivity index is 3.28. The molecule has 0 unspecified atom stereocenters. The summed E-state index contributed by atoms with van der Waals surface area (Å²) in [5.41, 5.74) is 0. The largest absolute Gasteiger partial charge is 0.505 e. The fourth-order valence-electron chi connectivity index (χ4n) is 0.773. The highest BCUT2D eigenvalue weighted by Crippen LogP contribution is 2.09. The lowest BCUT2D eigenvalue weighted by Crippen LogP contribution is -1.94. The summed E-state index contributed by atoms with van der Waals surface area (Å²) in [4.78, 5) is 0. The molecule has 0 atom stereocenters. The van der Waals surface area contributed by atoms with Gasteiger partial charge in [0.05, 0.1) is 0 Å². The van der Waals surface area contributed by atoms with Gasteiger partial charge in [0.15, 0.2) is 0 Å². The summed E-state index contributed by atoms with van der Waals surface area (Å²) in [6.45, 7) is 2.78. The van der Waals surface area contributed by atoms with Crippen molar-refractivity contribution < 1.29 is 5.11 Å². The van der Waals surface area contributed by atoms with Gasteiger partial charge in [-0.15, -0.1) is 0 Å². The summed E-state index contributed by atoms with van der Waals surface area (Å²) in [5, 5.41) is 9.11. The Morgan fingerprint density at radius 3 is 2.90 bits per heavy atom. The quantitative estimate of drug-likeness (QED) is 0.627. The molecule has 0 bridgehead atoms. The predicted molar refractivity (Wildman–Crippen MR) is 42.6 cm³/mol. The second-order valence-corrected chi connectivity index (χ2v) is 2.37. The minimum absolute atomic E-state index is 0.180. The van der Waals surface area contributed by atoms with Crippen molar-refractivity contribution in [2.75, 3.05) is 0 Å². The molecule has 0 aliphatic rings. The molecule has 0 aromatic carbocycles. The molecule has 1 heterocycles. The Bertz CT molecular complexity index is 279. The van der Waals surface area contributed by atoms with Gasteiger partial charge in [0.2, 0.25) is 0 Å². The number of nitrogens with zero attached hydrogens (tertiary/aromatic N) is 1. The molecular weight excluding hydrogens is 146 g/mol. The first kappa shape index (κ1) is 7.28. The summed E-state index contributed by atoms with van der Waals surface area (Å²) in [5.74, 6) is 0.180. The maximum absolute atomic E-state index is 9.11. The van der Waals surface area contributed by atoms with Crippen LogP contribution in [0.4, 0.5) is 0 Å². The Labute approximate surface area is 64.7 Å². The van der Waals surface area contributed by atoms with E-state index in [0.29, 0.717) is 4.64 Å². The van der Waals surface area contributed by atoms with Crippen molar-refractivity contribution in [1.29, 1.82) is 0 Å². The SMILES string of the molecule is CCn1cccc(O)c1=S. The van der Waals surface area contributed by atoms with E-state index in [1.807, 2.05) is 17.7 Å². The van der Waals surface area contributed by atoms with Crippen LogP contribution in [0.5, 0.6) is 5.75 Å². The third-order valence-electron chi connectivity index (χ3n) is 1.34. The van der Waals surface area contributed by atoms with E-state index >= 15 is 0 Å². The van der Waals surface area contributed by atoms with E-state index in [1.165, 1.54) is 0 Å². The zero-order chi connectivity index (χ0) is 7.56. The highest BCUT2D eigenvalue weighted by Gasteiger charge is 1.91. The molecule has 0 fully saturated rings. The van der Waals surface area contributed by atoms with Crippen LogP contribution in [0.15, 0.2) is 18.3 Å². The third-order valence-corrected chi connectivity index (χ3v) is 1.78. The topological polar surface area (TPSA) is 25.2 Å². The average molecular weight is 155 g/mol. The molecule has 0 saturated carbocycles. The van der Waals surface area contributed by atoms with Crippen molar-refractivity contribution >= 4 is 12.2 Å². The van der Waals surface area contributed by atoms with Crippen molar-refractivity contribution in [2.24, 2.45) is 0 Å². The van der Waals surface area contributed by atoms with Crippen molar-refractivity contribution in [3.63, 3.8) is 0 Å². The van der Waals surface area contributed by atoms with E-state index in [2.05, 4.69) is 0 Å². The number of hydrogen-bond donors (Lipinski definition) is 1. The van der Waals surface area contributed by atoms with E-state index < -0.39 is 0 Å². The van der Waals surface area contributed by atoms with Crippen LogP contribution in [0.3, 0.4) is 0 Å². The molecule has 54 valence electrons.